The van der Waals surface area contributed by atoms with Gasteiger partial charge >= 0.3 is 0 Å². The van der Waals surface area contributed by atoms with Gasteiger partial charge in [0.1, 0.15) is 0 Å². The third kappa shape index (κ3) is 2.34. The summed E-state index contributed by atoms with van der Waals surface area (Å²) < 4.78 is 0.397. The number of benzene rings is 1. The highest BCUT2D eigenvalue weighted by Gasteiger charge is 2.22. The number of nitriles is 1. The van der Waals surface area contributed by atoms with Crippen LogP contribution in [0.25, 0.3) is 0 Å². The van der Waals surface area contributed by atoms with Crippen LogP contribution in [0, 0.1) is 21.4 Å². The molecular weight excluding hydrogens is 260 g/mol. The highest BCUT2D eigenvalue weighted by molar-refractivity contribution is 9.10. The van der Waals surface area contributed by atoms with E-state index in [9.17, 15) is 10.1 Å². The van der Waals surface area contributed by atoms with Crippen molar-refractivity contribution >= 4 is 21.6 Å². The van der Waals surface area contributed by atoms with Gasteiger partial charge in [0.15, 0.2) is 0 Å². The molecular formula is C10H9BrN2O2. The molecule has 0 bridgehead atoms. The van der Waals surface area contributed by atoms with Crippen LogP contribution in [0.5, 0.6) is 0 Å². The van der Waals surface area contributed by atoms with Crippen LogP contribution in [0.1, 0.15) is 19.4 Å². The van der Waals surface area contributed by atoms with Crippen LogP contribution in [0.2, 0.25) is 0 Å². The van der Waals surface area contributed by atoms with E-state index in [4.69, 9.17) is 5.26 Å². The van der Waals surface area contributed by atoms with Gasteiger partial charge in [0.25, 0.3) is 5.69 Å². The average molecular weight is 269 g/mol. The van der Waals surface area contributed by atoms with E-state index in [1.807, 2.05) is 0 Å². The Morgan fingerprint density at radius 1 is 1.53 bits per heavy atom. The minimum absolute atomic E-state index is 0.00693. The zero-order valence-corrected chi connectivity index (χ0v) is 9.91. The van der Waals surface area contributed by atoms with Crippen molar-refractivity contribution in [1.82, 2.24) is 0 Å². The van der Waals surface area contributed by atoms with E-state index in [2.05, 4.69) is 22.0 Å². The Morgan fingerprint density at radius 2 is 2.13 bits per heavy atom. The average Bonchev–Trinajstić information content (AvgIpc) is 2.17. The Morgan fingerprint density at radius 3 is 2.53 bits per heavy atom. The maximum absolute atomic E-state index is 10.6. The van der Waals surface area contributed by atoms with Gasteiger partial charge in [-0.05, 0) is 41.4 Å². The van der Waals surface area contributed by atoms with E-state index in [1.54, 1.807) is 26.0 Å². The molecule has 0 radical (unpaired) electrons. The topological polar surface area (TPSA) is 66.9 Å². The molecule has 0 spiro atoms. The van der Waals surface area contributed by atoms with E-state index < -0.39 is 10.3 Å². The summed E-state index contributed by atoms with van der Waals surface area (Å²) in [6.45, 7) is 3.53. The number of hydrogen-bond acceptors (Lipinski definition) is 3. The molecule has 5 heteroatoms. The molecule has 0 saturated heterocycles. The van der Waals surface area contributed by atoms with Gasteiger partial charge in [-0.25, -0.2) is 0 Å². The van der Waals surface area contributed by atoms with Crippen LogP contribution in [0.4, 0.5) is 5.69 Å². The normalized spacial score (nSPS) is 10.8. The van der Waals surface area contributed by atoms with E-state index >= 15 is 0 Å². The molecule has 0 aliphatic heterocycles. The number of halogens is 1. The molecule has 0 N–H and O–H groups in total. The van der Waals surface area contributed by atoms with Crippen LogP contribution in [0.15, 0.2) is 22.7 Å². The highest BCUT2D eigenvalue weighted by Crippen LogP contribution is 2.30. The number of nitro benzene ring substituents is 1. The molecule has 0 aromatic heterocycles. The van der Waals surface area contributed by atoms with E-state index in [-0.39, 0.29) is 5.69 Å². The van der Waals surface area contributed by atoms with E-state index in [0.717, 1.165) is 5.56 Å². The molecule has 78 valence electrons. The molecule has 0 aliphatic rings. The lowest BCUT2D eigenvalue weighted by atomic mass is 9.86. The van der Waals surface area contributed by atoms with Crippen LogP contribution in [-0.4, -0.2) is 4.92 Å². The third-order valence-electron chi connectivity index (χ3n) is 2.15. The van der Waals surface area contributed by atoms with Crippen molar-refractivity contribution in [3.63, 3.8) is 0 Å². The molecule has 0 aliphatic carbocycles. The first-order valence-corrected chi connectivity index (χ1v) is 5.03. The predicted molar refractivity (Wildman–Crippen MR) is 59.4 cm³/mol. The number of nitrogens with zero attached hydrogens (tertiary/aromatic N) is 2. The van der Waals surface area contributed by atoms with Gasteiger partial charge < -0.3 is 0 Å². The van der Waals surface area contributed by atoms with Crippen molar-refractivity contribution in [1.29, 1.82) is 5.26 Å². The number of nitro groups is 1. The lowest BCUT2D eigenvalue weighted by molar-refractivity contribution is -0.385. The first kappa shape index (κ1) is 11.7. The van der Waals surface area contributed by atoms with Gasteiger partial charge in [-0.1, -0.05) is 6.07 Å². The first-order chi connectivity index (χ1) is 6.88. The summed E-state index contributed by atoms with van der Waals surface area (Å²) in [7, 11) is 0. The van der Waals surface area contributed by atoms with Gasteiger partial charge in [0, 0.05) is 6.07 Å². The van der Waals surface area contributed by atoms with E-state index in [0.29, 0.717) is 4.47 Å². The highest BCUT2D eigenvalue weighted by atomic mass is 79.9. The molecule has 15 heavy (non-hydrogen) atoms. The Bertz CT molecular complexity index is 449. The van der Waals surface area contributed by atoms with Crippen molar-refractivity contribution in [3.05, 3.63) is 38.3 Å². The lowest BCUT2D eigenvalue weighted by Crippen LogP contribution is -2.13. The molecule has 0 amide bonds. The second-order valence-electron chi connectivity index (χ2n) is 3.66. The number of rotatable bonds is 2. The van der Waals surface area contributed by atoms with Crippen LogP contribution in [0.3, 0.4) is 0 Å². The Kier molecular flexibility index (Phi) is 3.10. The van der Waals surface area contributed by atoms with Gasteiger partial charge in [0.05, 0.1) is 20.9 Å². The van der Waals surface area contributed by atoms with Crippen molar-refractivity contribution in [2.45, 2.75) is 19.3 Å². The van der Waals surface area contributed by atoms with Gasteiger partial charge in [-0.2, -0.15) is 5.26 Å². The summed E-state index contributed by atoms with van der Waals surface area (Å²) in [5.74, 6) is 0. The fraction of sp³-hybridized carbons (Fsp3) is 0.300. The molecule has 1 aromatic carbocycles. The Labute approximate surface area is 95.8 Å². The van der Waals surface area contributed by atoms with Crippen molar-refractivity contribution in [3.8, 4) is 6.07 Å². The van der Waals surface area contributed by atoms with Gasteiger partial charge in [0.2, 0.25) is 0 Å². The first-order valence-electron chi connectivity index (χ1n) is 4.24. The number of hydrogen-bond donors (Lipinski definition) is 0. The van der Waals surface area contributed by atoms with E-state index in [1.165, 1.54) is 6.07 Å². The summed E-state index contributed by atoms with van der Waals surface area (Å²) in [5, 5.41) is 19.5. The maximum Gasteiger partial charge on any atom is 0.283 e. The largest absolute Gasteiger partial charge is 0.283 e. The summed E-state index contributed by atoms with van der Waals surface area (Å²) >= 11 is 3.12. The Balaban J connectivity index is 3.25. The standard InChI is InChI=1S/C10H9BrN2O2/c1-10(2,6-12)7-3-4-9(13(14)15)8(11)5-7/h3-5H,1-2H3. The third-order valence-corrected chi connectivity index (χ3v) is 2.78. The second-order valence-corrected chi connectivity index (χ2v) is 4.51. The molecule has 0 atom stereocenters. The summed E-state index contributed by atoms with van der Waals surface area (Å²) in [5.41, 5.74) is 0.118. The zero-order chi connectivity index (χ0) is 11.6. The monoisotopic (exact) mass is 268 g/mol. The fourth-order valence-electron chi connectivity index (χ4n) is 1.11. The molecule has 0 fully saturated rings. The molecule has 0 unspecified atom stereocenters. The van der Waals surface area contributed by atoms with Gasteiger partial charge in [-0.3, -0.25) is 10.1 Å². The predicted octanol–water partition coefficient (Wildman–Crippen LogP) is 3.16. The summed E-state index contributed by atoms with van der Waals surface area (Å²) in [6, 6.07) is 6.76. The molecule has 0 heterocycles. The molecule has 1 aromatic rings. The quantitative estimate of drug-likeness (QED) is 0.611. The Hall–Kier alpha value is -1.41. The summed E-state index contributed by atoms with van der Waals surface area (Å²) in [6.07, 6.45) is 0. The summed E-state index contributed by atoms with van der Waals surface area (Å²) in [4.78, 5) is 10.1. The zero-order valence-electron chi connectivity index (χ0n) is 8.32. The molecule has 4 nitrogen and oxygen atoms in total. The van der Waals surface area contributed by atoms with Gasteiger partial charge in [-0.15, -0.1) is 0 Å². The molecule has 1 rings (SSSR count). The molecule has 0 saturated carbocycles. The minimum atomic E-state index is -0.641. The van der Waals surface area contributed by atoms with Crippen LogP contribution < -0.4 is 0 Å². The lowest BCUT2D eigenvalue weighted by Gasteiger charge is -2.15. The second kappa shape index (κ2) is 3.99. The smallest absolute Gasteiger partial charge is 0.258 e. The van der Waals surface area contributed by atoms with Crippen molar-refractivity contribution < 1.29 is 4.92 Å². The van der Waals surface area contributed by atoms with Crippen LogP contribution >= 0.6 is 15.9 Å². The van der Waals surface area contributed by atoms with Crippen molar-refractivity contribution in [2.24, 2.45) is 0 Å². The van der Waals surface area contributed by atoms with Crippen molar-refractivity contribution in [2.75, 3.05) is 0 Å². The SMILES string of the molecule is CC(C)(C#N)c1ccc([N+](=O)[O-])c(Br)c1. The fourth-order valence-corrected chi connectivity index (χ4v) is 1.63. The van der Waals surface area contributed by atoms with Crippen LogP contribution in [-0.2, 0) is 5.41 Å². The maximum atomic E-state index is 10.6. The minimum Gasteiger partial charge on any atom is -0.258 e.